The van der Waals surface area contributed by atoms with Gasteiger partial charge in [0.1, 0.15) is 5.82 Å². The van der Waals surface area contributed by atoms with Gasteiger partial charge >= 0.3 is 0 Å². The van der Waals surface area contributed by atoms with Crippen LogP contribution in [-0.2, 0) is 6.54 Å². The lowest BCUT2D eigenvalue weighted by atomic mass is 10.1. The fourth-order valence-corrected chi connectivity index (χ4v) is 3.08. The lowest BCUT2D eigenvalue weighted by Crippen LogP contribution is -2.28. The van der Waals surface area contributed by atoms with Crippen molar-refractivity contribution in [3.8, 4) is 11.5 Å². The number of carbonyl (C=O) groups excluding carboxylic acids is 1. The minimum atomic E-state index is -0.233. The molecule has 0 aliphatic heterocycles. The maximum atomic E-state index is 12.7. The predicted octanol–water partition coefficient (Wildman–Crippen LogP) is 3.56. The molecular weight excluding hydrogens is 330 g/mol. The highest BCUT2D eigenvalue weighted by molar-refractivity contribution is 5.95. The number of methoxy groups -OCH3 is 2. The summed E-state index contributed by atoms with van der Waals surface area (Å²) in [5.74, 6) is 1.76. The quantitative estimate of drug-likeness (QED) is 0.736. The van der Waals surface area contributed by atoms with Gasteiger partial charge in [-0.25, -0.2) is 4.98 Å². The van der Waals surface area contributed by atoms with Gasteiger partial charge in [0.15, 0.2) is 11.5 Å². The molecule has 0 fully saturated rings. The summed E-state index contributed by atoms with van der Waals surface area (Å²) in [4.78, 5) is 17.4. The van der Waals surface area contributed by atoms with Gasteiger partial charge in [-0.1, -0.05) is 12.1 Å². The first-order valence-corrected chi connectivity index (χ1v) is 8.57. The van der Waals surface area contributed by atoms with E-state index in [0.717, 1.165) is 23.4 Å². The number of carbonyl (C=O) groups is 1. The number of nitrogens with zero attached hydrogens (tertiary/aromatic N) is 2. The lowest BCUT2D eigenvalue weighted by Gasteiger charge is -2.16. The number of hydrogen-bond acceptors (Lipinski definition) is 4. The molecule has 1 amide bonds. The summed E-state index contributed by atoms with van der Waals surface area (Å²) in [6.07, 6.45) is 0. The van der Waals surface area contributed by atoms with E-state index in [1.54, 1.807) is 32.4 Å². The van der Waals surface area contributed by atoms with Crippen LogP contribution in [0.25, 0.3) is 11.0 Å². The maximum Gasteiger partial charge on any atom is 0.251 e. The SMILES string of the molecule is CCn1c([C@H](C)NC(=O)c2ccc(OC)c(OC)c2)nc2ccccc21. The molecule has 1 heterocycles. The summed E-state index contributed by atoms with van der Waals surface area (Å²) in [5, 5.41) is 3.02. The smallest absolute Gasteiger partial charge is 0.251 e. The number of aryl methyl sites for hydroxylation is 1. The maximum absolute atomic E-state index is 12.7. The molecule has 1 aromatic heterocycles. The van der Waals surface area contributed by atoms with Gasteiger partial charge < -0.3 is 19.4 Å². The molecule has 6 heteroatoms. The van der Waals surface area contributed by atoms with Gasteiger partial charge in [0, 0.05) is 12.1 Å². The van der Waals surface area contributed by atoms with Crippen LogP contribution in [0, 0.1) is 0 Å². The van der Waals surface area contributed by atoms with Crippen LogP contribution in [-0.4, -0.2) is 29.7 Å². The third-order valence-corrected chi connectivity index (χ3v) is 4.38. The van der Waals surface area contributed by atoms with Gasteiger partial charge in [-0.05, 0) is 44.2 Å². The van der Waals surface area contributed by atoms with E-state index in [-0.39, 0.29) is 11.9 Å². The zero-order valence-electron chi connectivity index (χ0n) is 15.4. The third kappa shape index (κ3) is 3.22. The first-order chi connectivity index (χ1) is 12.6. The van der Waals surface area contributed by atoms with E-state index in [1.807, 2.05) is 31.2 Å². The molecule has 3 aromatic rings. The lowest BCUT2D eigenvalue weighted by molar-refractivity contribution is 0.0937. The Morgan fingerprint density at radius 2 is 1.88 bits per heavy atom. The zero-order valence-corrected chi connectivity index (χ0v) is 15.4. The molecule has 0 saturated heterocycles. The van der Waals surface area contributed by atoms with Crippen molar-refractivity contribution in [2.75, 3.05) is 14.2 Å². The first kappa shape index (κ1) is 17.8. The summed E-state index contributed by atoms with van der Waals surface area (Å²) in [6.45, 7) is 4.79. The molecule has 2 aromatic carbocycles. The molecule has 0 aliphatic rings. The third-order valence-electron chi connectivity index (χ3n) is 4.38. The normalized spacial score (nSPS) is 12.0. The van der Waals surface area contributed by atoms with Crippen LogP contribution in [0.5, 0.6) is 11.5 Å². The van der Waals surface area contributed by atoms with Crippen LogP contribution in [0.3, 0.4) is 0 Å². The van der Waals surface area contributed by atoms with Crippen molar-refractivity contribution in [3.05, 3.63) is 53.9 Å². The molecule has 0 radical (unpaired) electrons. The van der Waals surface area contributed by atoms with E-state index < -0.39 is 0 Å². The summed E-state index contributed by atoms with van der Waals surface area (Å²) in [5.41, 5.74) is 2.50. The molecule has 6 nitrogen and oxygen atoms in total. The number of benzene rings is 2. The molecule has 26 heavy (non-hydrogen) atoms. The van der Waals surface area contributed by atoms with Crippen molar-refractivity contribution in [2.45, 2.75) is 26.4 Å². The molecule has 0 aliphatic carbocycles. The minimum Gasteiger partial charge on any atom is -0.493 e. The Morgan fingerprint density at radius 1 is 1.15 bits per heavy atom. The van der Waals surface area contributed by atoms with Gasteiger partial charge in [-0.2, -0.15) is 0 Å². The summed E-state index contributed by atoms with van der Waals surface area (Å²) >= 11 is 0. The Bertz CT molecular complexity index is 933. The number of para-hydroxylation sites is 2. The summed E-state index contributed by atoms with van der Waals surface area (Å²) in [6, 6.07) is 12.9. The molecule has 0 saturated carbocycles. The van der Waals surface area contributed by atoms with Crippen LogP contribution in [0.1, 0.15) is 36.1 Å². The molecule has 1 N–H and O–H groups in total. The number of fused-ring (bicyclic) bond motifs is 1. The first-order valence-electron chi connectivity index (χ1n) is 8.57. The highest BCUT2D eigenvalue weighted by Gasteiger charge is 2.19. The van der Waals surface area contributed by atoms with Gasteiger partial charge in [0.2, 0.25) is 0 Å². The van der Waals surface area contributed by atoms with Crippen molar-refractivity contribution >= 4 is 16.9 Å². The van der Waals surface area contributed by atoms with Crippen LogP contribution < -0.4 is 14.8 Å². The number of rotatable bonds is 6. The van der Waals surface area contributed by atoms with Gasteiger partial charge in [0.05, 0.1) is 31.3 Å². The predicted molar refractivity (Wildman–Crippen MR) is 101 cm³/mol. The van der Waals surface area contributed by atoms with Gasteiger partial charge in [0.25, 0.3) is 5.91 Å². The molecule has 0 bridgehead atoms. The van der Waals surface area contributed by atoms with Crippen molar-refractivity contribution in [1.29, 1.82) is 0 Å². The molecule has 0 unspecified atom stereocenters. The number of aromatic nitrogens is 2. The summed E-state index contributed by atoms with van der Waals surface area (Å²) < 4.78 is 12.6. The topological polar surface area (TPSA) is 65.4 Å². The average molecular weight is 353 g/mol. The van der Waals surface area contributed by atoms with Crippen LogP contribution >= 0.6 is 0 Å². The molecule has 3 rings (SSSR count). The molecule has 1 atom stereocenters. The fourth-order valence-electron chi connectivity index (χ4n) is 3.08. The second-order valence-electron chi connectivity index (χ2n) is 5.97. The highest BCUT2D eigenvalue weighted by Crippen LogP contribution is 2.28. The number of hydrogen-bond donors (Lipinski definition) is 1. The Balaban J connectivity index is 1.86. The number of ether oxygens (including phenoxy) is 2. The Morgan fingerprint density at radius 3 is 2.58 bits per heavy atom. The Labute approximate surface area is 152 Å². The number of amides is 1. The van der Waals surface area contributed by atoms with Gasteiger partial charge in [-0.3, -0.25) is 4.79 Å². The highest BCUT2D eigenvalue weighted by atomic mass is 16.5. The van der Waals surface area contributed by atoms with Gasteiger partial charge in [-0.15, -0.1) is 0 Å². The zero-order chi connectivity index (χ0) is 18.7. The number of nitrogens with one attached hydrogen (secondary N) is 1. The molecule has 136 valence electrons. The van der Waals surface area contributed by atoms with Crippen LogP contribution in [0.15, 0.2) is 42.5 Å². The van der Waals surface area contributed by atoms with E-state index >= 15 is 0 Å². The summed E-state index contributed by atoms with van der Waals surface area (Å²) in [7, 11) is 3.11. The van der Waals surface area contributed by atoms with Crippen LogP contribution in [0.2, 0.25) is 0 Å². The fraction of sp³-hybridized carbons (Fsp3) is 0.300. The van der Waals surface area contributed by atoms with Crippen molar-refractivity contribution < 1.29 is 14.3 Å². The Kier molecular flexibility index (Phi) is 5.11. The largest absolute Gasteiger partial charge is 0.493 e. The standard InChI is InChI=1S/C20H23N3O3/c1-5-23-16-9-7-6-8-15(16)22-19(23)13(2)21-20(24)14-10-11-17(25-3)18(12-14)26-4/h6-13H,5H2,1-4H3,(H,21,24)/t13-/m0/s1. The van der Waals surface area contributed by atoms with E-state index in [2.05, 4.69) is 16.8 Å². The minimum absolute atomic E-state index is 0.187. The monoisotopic (exact) mass is 353 g/mol. The Hall–Kier alpha value is -3.02. The van der Waals surface area contributed by atoms with Crippen molar-refractivity contribution in [3.63, 3.8) is 0 Å². The van der Waals surface area contributed by atoms with E-state index in [9.17, 15) is 4.79 Å². The molecular formula is C20H23N3O3. The van der Waals surface area contributed by atoms with E-state index in [4.69, 9.17) is 14.5 Å². The van der Waals surface area contributed by atoms with Crippen molar-refractivity contribution in [1.82, 2.24) is 14.9 Å². The van der Waals surface area contributed by atoms with Crippen molar-refractivity contribution in [2.24, 2.45) is 0 Å². The van der Waals surface area contributed by atoms with E-state index in [1.165, 1.54) is 0 Å². The second-order valence-corrected chi connectivity index (χ2v) is 5.97. The van der Waals surface area contributed by atoms with E-state index in [0.29, 0.717) is 17.1 Å². The molecule has 0 spiro atoms. The average Bonchev–Trinajstić information content (AvgIpc) is 3.06. The second kappa shape index (κ2) is 7.47. The van der Waals surface area contributed by atoms with Crippen LogP contribution in [0.4, 0.5) is 0 Å². The number of imidazole rings is 1.